The first-order chi connectivity index (χ1) is 12.1. The zero-order chi connectivity index (χ0) is 17.4. The molecule has 3 N–H and O–H groups in total. The van der Waals surface area contributed by atoms with Gasteiger partial charge in [-0.3, -0.25) is 10.00 Å². The molecule has 0 aliphatic carbocycles. The standard InChI is InChI=1S/C16H19F2N7/c1-25(7-13-20-11-4-2-3-10(18)15(11)21-13)8-14-22-16(24-23-14)12-5-9(17)6-19-12/h2-4,9,12,19H,5-8H2,1H3,(H,20,21)(H,22,23,24)/t9-,12+/m0/s1. The molecule has 1 aliphatic heterocycles. The number of aromatic amines is 2. The molecule has 25 heavy (non-hydrogen) atoms. The smallest absolute Gasteiger partial charge is 0.167 e. The second kappa shape index (κ2) is 6.49. The Kier molecular flexibility index (Phi) is 4.18. The van der Waals surface area contributed by atoms with Gasteiger partial charge < -0.3 is 10.3 Å². The Morgan fingerprint density at radius 1 is 1.24 bits per heavy atom. The minimum absolute atomic E-state index is 0.136. The molecule has 3 aromatic rings. The highest BCUT2D eigenvalue weighted by atomic mass is 19.1. The van der Waals surface area contributed by atoms with Crippen LogP contribution in [0.3, 0.4) is 0 Å². The number of imidazole rings is 1. The van der Waals surface area contributed by atoms with Gasteiger partial charge in [-0.25, -0.2) is 18.7 Å². The molecular formula is C16H19F2N7. The van der Waals surface area contributed by atoms with Crippen LogP contribution in [-0.4, -0.2) is 49.8 Å². The number of para-hydroxylation sites is 1. The first-order valence-electron chi connectivity index (χ1n) is 8.19. The number of hydrogen-bond donors (Lipinski definition) is 3. The number of H-pyrrole nitrogens is 2. The number of hydrogen-bond acceptors (Lipinski definition) is 5. The van der Waals surface area contributed by atoms with Crippen LogP contribution in [0.1, 0.15) is 29.9 Å². The van der Waals surface area contributed by atoms with Crippen LogP contribution in [0, 0.1) is 5.82 Å². The molecule has 1 fully saturated rings. The van der Waals surface area contributed by atoms with Crippen molar-refractivity contribution in [3.63, 3.8) is 0 Å². The van der Waals surface area contributed by atoms with E-state index in [1.54, 1.807) is 12.1 Å². The van der Waals surface area contributed by atoms with Crippen molar-refractivity contribution in [1.29, 1.82) is 0 Å². The molecule has 2 aromatic heterocycles. The Labute approximate surface area is 142 Å². The van der Waals surface area contributed by atoms with Crippen LogP contribution in [-0.2, 0) is 13.1 Å². The van der Waals surface area contributed by atoms with Crippen molar-refractivity contribution >= 4 is 11.0 Å². The lowest BCUT2D eigenvalue weighted by Crippen LogP contribution is -2.19. The van der Waals surface area contributed by atoms with Gasteiger partial charge in [-0.05, 0) is 19.2 Å². The van der Waals surface area contributed by atoms with E-state index in [4.69, 9.17) is 0 Å². The Hall–Kier alpha value is -2.39. The number of nitrogens with one attached hydrogen (secondary N) is 3. The van der Waals surface area contributed by atoms with Crippen LogP contribution in [0.5, 0.6) is 0 Å². The van der Waals surface area contributed by atoms with Gasteiger partial charge in [-0.2, -0.15) is 5.10 Å². The highest BCUT2D eigenvalue weighted by Crippen LogP contribution is 2.22. The summed E-state index contributed by atoms with van der Waals surface area (Å²) in [5, 5.41) is 10.1. The van der Waals surface area contributed by atoms with Crippen molar-refractivity contribution in [3.05, 3.63) is 41.5 Å². The number of fused-ring (bicyclic) bond motifs is 1. The number of aromatic nitrogens is 5. The van der Waals surface area contributed by atoms with E-state index in [1.165, 1.54) is 6.07 Å². The van der Waals surface area contributed by atoms with Crippen LogP contribution in [0.25, 0.3) is 11.0 Å². The molecule has 0 unspecified atom stereocenters. The van der Waals surface area contributed by atoms with Crippen molar-refractivity contribution < 1.29 is 8.78 Å². The van der Waals surface area contributed by atoms with Gasteiger partial charge in [0.25, 0.3) is 0 Å². The molecule has 132 valence electrons. The van der Waals surface area contributed by atoms with Crippen molar-refractivity contribution in [2.45, 2.75) is 31.7 Å². The van der Waals surface area contributed by atoms with E-state index in [0.717, 1.165) is 0 Å². The maximum absolute atomic E-state index is 13.7. The van der Waals surface area contributed by atoms with E-state index in [-0.39, 0.29) is 11.9 Å². The first kappa shape index (κ1) is 16.1. The van der Waals surface area contributed by atoms with Crippen molar-refractivity contribution in [1.82, 2.24) is 35.4 Å². The molecule has 0 spiro atoms. The number of halogens is 2. The van der Waals surface area contributed by atoms with E-state index in [1.807, 2.05) is 11.9 Å². The third kappa shape index (κ3) is 3.38. The molecule has 3 heterocycles. The van der Waals surface area contributed by atoms with Crippen LogP contribution in [0.2, 0.25) is 0 Å². The minimum Gasteiger partial charge on any atom is -0.341 e. The topological polar surface area (TPSA) is 85.5 Å². The summed E-state index contributed by atoms with van der Waals surface area (Å²) in [4.78, 5) is 13.8. The molecule has 0 amide bonds. The van der Waals surface area contributed by atoms with E-state index in [9.17, 15) is 8.78 Å². The first-order valence-corrected chi connectivity index (χ1v) is 8.19. The molecule has 0 bridgehead atoms. The third-order valence-electron chi connectivity index (χ3n) is 4.29. The van der Waals surface area contributed by atoms with Gasteiger partial charge in [0, 0.05) is 13.0 Å². The van der Waals surface area contributed by atoms with E-state index >= 15 is 0 Å². The van der Waals surface area contributed by atoms with Gasteiger partial charge in [-0.15, -0.1) is 0 Å². The molecule has 1 aliphatic rings. The molecule has 7 nitrogen and oxygen atoms in total. The quantitative estimate of drug-likeness (QED) is 0.656. The van der Waals surface area contributed by atoms with Gasteiger partial charge in [-0.1, -0.05) is 6.07 Å². The highest BCUT2D eigenvalue weighted by Gasteiger charge is 2.27. The monoisotopic (exact) mass is 347 g/mol. The summed E-state index contributed by atoms with van der Waals surface area (Å²) in [6.07, 6.45) is -0.444. The summed E-state index contributed by atoms with van der Waals surface area (Å²) < 4.78 is 27.0. The molecule has 4 rings (SSSR count). The van der Waals surface area contributed by atoms with E-state index in [0.29, 0.717) is 54.6 Å². The lowest BCUT2D eigenvalue weighted by atomic mass is 10.2. The largest absolute Gasteiger partial charge is 0.341 e. The third-order valence-corrected chi connectivity index (χ3v) is 4.29. The minimum atomic E-state index is -0.844. The van der Waals surface area contributed by atoms with Crippen LogP contribution in [0.15, 0.2) is 18.2 Å². The highest BCUT2D eigenvalue weighted by molar-refractivity contribution is 5.75. The Bertz CT molecular complexity index is 874. The predicted octanol–water partition coefficient (Wildman–Crippen LogP) is 1.82. The van der Waals surface area contributed by atoms with Crippen LogP contribution < -0.4 is 5.32 Å². The summed E-state index contributed by atoms with van der Waals surface area (Å²) in [5.41, 5.74) is 1.03. The average Bonchev–Trinajstić information content (AvgIpc) is 3.27. The Morgan fingerprint density at radius 3 is 2.84 bits per heavy atom. The second-order valence-electron chi connectivity index (χ2n) is 6.43. The lowest BCUT2D eigenvalue weighted by molar-refractivity contribution is 0.304. The van der Waals surface area contributed by atoms with Crippen molar-refractivity contribution in [2.24, 2.45) is 0 Å². The predicted molar refractivity (Wildman–Crippen MR) is 87.9 cm³/mol. The molecule has 1 aromatic carbocycles. The number of alkyl halides is 1. The SMILES string of the molecule is CN(Cc1nc([C@H]2C[C@H](F)CN2)n[nH]1)Cc1nc2c(F)cccc2[nH]1. The fourth-order valence-electron chi connectivity index (χ4n) is 3.12. The van der Waals surface area contributed by atoms with Crippen LogP contribution >= 0.6 is 0 Å². The number of rotatable bonds is 5. The normalized spacial score (nSPS) is 20.8. The number of benzene rings is 1. The zero-order valence-corrected chi connectivity index (χ0v) is 13.8. The van der Waals surface area contributed by atoms with Gasteiger partial charge in [0.1, 0.15) is 23.3 Å². The van der Waals surface area contributed by atoms with Gasteiger partial charge in [0.05, 0.1) is 24.6 Å². The summed E-state index contributed by atoms with van der Waals surface area (Å²) in [5.74, 6) is 1.64. The fraction of sp³-hybridized carbons (Fsp3) is 0.438. The maximum Gasteiger partial charge on any atom is 0.167 e. The summed E-state index contributed by atoms with van der Waals surface area (Å²) in [6.45, 7) is 1.38. The van der Waals surface area contributed by atoms with Crippen molar-refractivity contribution in [2.75, 3.05) is 13.6 Å². The van der Waals surface area contributed by atoms with Gasteiger partial charge in [0.15, 0.2) is 11.6 Å². The molecule has 1 saturated heterocycles. The summed E-state index contributed by atoms with van der Waals surface area (Å²) in [7, 11) is 1.91. The molecule has 0 saturated carbocycles. The van der Waals surface area contributed by atoms with Crippen LogP contribution in [0.4, 0.5) is 8.78 Å². The van der Waals surface area contributed by atoms with Crippen molar-refractivity contribution in [3.8, 4) is 0 Å². The summed E-state index contributed by atoms with van der Waals surface area (Å²) in [6, 6.07) is 4.71. The summed E-state index contributed by atoms with van der Waals surface area (Å²) >= 11 is 0. The van der Waals surface area contributed by atoms with Gasteiger partial charge >= 0.3 is 0 Å². The second-order valence-corrected chi connectivity index (χ2v) is 6.43. The number of nitrogens with zero attached hydrogens (tertiary/aromatic N) is 4. The molecule has 9 heteroatoms. The van der Waals surface area contributed by atoms with Gasteiger partial charge in [0.2, 0.25) is 0 Å². The average molecular weight is 347 g/mol. The Balaban J connectivity index is 1.40. The maximum atomic E-state index is 13.7. The fourth-order valence-corrected chi connectivity index (χ4v) is 3.12. The van der Waals surface area contributed by atoms with E-state index < -0.39 is 6.17 Å². The lowest BCUT2D eigenvalue weighted by Gasteiger charge is -2.12. The molecule has 0 radical (unpaired) electrons. The van der Waals surface area contributed by atoms with E-state index in [2.05, 4.69) is 30.5 Å². The Morgan fingerprint density at radius 2 is 2.08 bits per heavy atom. The molecule has 2 atom stereocenters. The zero-order valence-electron chi connectivity index (χ0n) is 13.8. The molecular weight excluding hydrogens is 328 g/mol.